The molecule has 0 aromatic carbocycles. The quantitative estimate of drug-likeness (QED) is 0.827. The molecule has 1 aliphatic heterocycles. The van der Waals surface area contributed by atoms with E-state index in [0.717, 1.165) is 25.7 Å². The summed E-state index contributed by atoms with van der Waals surface area (Å²) in [4.78, 5) is 18.2. The van der Waals surface area contributed by atoms with Crippen molar-refractivity contribution in [2.24, 2.45) is 0 Å². The summed E-state index contributed by atoms with van der Waals surface area (Å²) in [6.07, 6.45) is 6.88. The third kappa shape index (κ3) is 2.55. The average molecular weight is 276 g/mol. The van der Waals surface area contributed by atoms with E-state index in [2.05, 4.69) is 4.98 Å². The molecule has 1 saturated carbocycles. The Bertz CT molecular complexity index is 461. The van der Waals surface area contributed by atoms with E-state index in [1.165, 1.54) is 0 Å². The molecule has 2 aliphatic rings. The largest absolute Gasteiger partial charge is 0.348 e. The van der Waals surface area contributed by atoms with Crippen LogP contribution < -0.4 is 0 Å². The van der Waals surface area contributed by atoms with Crippen molar-refractivity contribution in [2.75, 3.05) is 20.3 Å². The molecule has 1 aromatic heterocycles. The molecule has 0 bridgehead atoms. The molecule has 0 unspecified atom stereocenters. The molecule has 5 nitrogen and oxygen atoms in total. The number of amides is 1. The van der Waals surface area contributed by atoms with Crippen LogP contribution in [0.1, 0.15) is 36.0 Å². The highest BCUT2D eigenvalue weighted by molar-refractivity contribution is 5.94. The lowest BCUT2D eigenvalue weighted by molar-refractivity contribution is -0.182. The van der Waals surface area contributed by atoms with Crippen molar-refractivity contribution in [1.82, 2.24) is 9.88 Å². The molecule has 0 atom stereocenters. The molecule has 1 aromatic rings. The zero-order valence-electron chi connectivity index (χ0n) is 11.7. The van der Waals surface area contributed by atoms with Crippen LogP contribution in [0.5, 0.6) is 0 Å². The van der Waals surface area contributed by atoms with Crippen LogP contribution in [0, 0.1) is 0 Å². The molecule has 108 valence electrons. The van der Waals surface area contributed by atoms with E-state index in [9.17, 15) is 4.79 Å². The van der Waals surface area contributed by atoms with E-state index in [-0.39, 0.29) is 17.7 Å². The van der Waals surface area contributed by atoms with Crippen LogP contribution in [-0.2, 0) is 9.47 Å². The number of ether oxygens (including phenoxy) is 2. The molecule has 1 spiro atoms. The molecular formula is C15H20N2O3. The fraction of sp³-hybridized carbons (Fsp3) is 0.600. The normalized spacial score (nSPS) is 22.1. The summed E-state index contributed by atoms with van der Waals surface area (Å²) in [7, 11) is 1.88. The van der Waals surface area contributed by atoms with Gasteiger partial charge in [0.05, 0.1) is 13.2 Å². The fourth-order valence-corrected chi connectivity index (χ4v) is 3.08. The highest BCUT2D eigenvalue weighted by Crippen LogP contribution is 2.37. The lowest BCUT2D eigenvalue weighted by atomic mass is 9.89. The molecular weight excluding hydrogens is 256 g/mol. The van der Waals surface area contributed by atoms with Gasteiger partial charge >= 0.3 is 0 Å². The lowest BCUT2D eigenvalue weighted by Crippen LogP contribution is -2.44. The summed E-state index contributed by atoms with van der Waals surface area (Å²) in [5.41, 5.74) is 0.691. The average Bonchev–Trinajstić information content (AvgIpc) is 2.96. The van der Waals surface area contributed by atoms with Crippen LogP contribution in [0.3, 0.4) is 0 Å². The summed E-state index contributed by atoms with van der Waals surface area (Å²) in [6.45, 7) is 1.38. The standard InChI is InChI=1S/C15H20N2O3/c1-17(14(18)12-4-8-16-9-5-12)13-2-6-15(7-3-13)19-10-11-20-15/h4-5,8-9,13H,2-3,6-7,10-11H2,1H3. The van der Waals surface area contributed by atoms with Gasteiger partial charge in [-0.05, 0) is 25.0 Å². The van der Waals surface area contributed by atoms with Gasteiger partial charge in [-0.25, -0.2) is 0 Å². The van der Waals surface area contributed by atoms with Gasteiger partial charge in [-0.1, -0.05) is 0 Å². The molecule has 1 amide bonds. The maximum Gasteiger partial charge on any atom is 0.253 e. The van der Waals surface area contributed by atoms with Crippen molar-refractivity contribution in [2.45, 2.75) is 37.5 Å². The fourth-order valence-electron chi connectivity index (χ4n) is 3.08. The summed E-state index contributed by atoms with van der Waals surface area (Å²) >= 11 is 0. The van der Waals surface area contributed by atoms with Crippen LogP contribution in [0.2, 0.25) is 0 Å². The van der Waals surface area contributed by atoms with Gasteiger partial charge in [0.15, 0.2) is 5.79 Å². The minimum absolute atomic E-state index is 0.0570. The van der Waals surface area contributed by atoms with Crippen LogP contribution in [0.25, 0.3) is 0 Å². The molecule has 2 heterocycles. The van der Waals surface area contributed by atoms with E-state index in [4.69, 9.17) is 9.47 Å². The van der Waals surface area contributed by atoms with Gasteiger partial charge in [-0.15, -0.1) is 0 Å². The Kier molecular flexibility index (Phi) is 3.72. The number of hydrogen-bond acceptors (Lipinski definition) is 4. The zero-order chi connectivity index (χ0) is 14.0. The zero-order valence-corrected chi connectivity index (χ0v) is 11.7. The van der Waals surface area contributed by atoms with Gasteiger partial charge in [-0.3, -0.25) is 9.78 Å². The van der Waals surface area contributed by atoms with E-state index < -0.39 is 0 Å². The second-order valence-electron chi connectivity index (χ2n) is 5.49. The molecule has 5 heteroatoms. The summed E-state index contributed by atoms with van der Waals surface area (Å²) in [5, 5.41) is 0. The second-order valence-corrected chi connectivity index (χ2v) is 5.49. The van der Waals surface area contributed by atoms with Crippen molar-refractivity contribution in [1.29, 1.82) is 0 Å². The van der Waals surface area contributed by atoms with E-state index in [0.29, 0.717) is 18.8 Å². The number of rotatable bonds is 2. The first-order chi connectivity index (χ1) is 9.70. The number of carbonyl (C=O) groups excluding carboxylic acids is 1. The third-order valence-electron chi connectivity index (χ3n) is 4.33. The van der Waals surface area contributed by atoms with Crippen molar-refractivity contribution in [3.8, 4) is 0 Å². The molecule has 0 N–H and O–H groups in total. The lowest BCUT2D eigenvalue weighted by Gasteiger charge is -2.39. The topological polar surface area (TPSA) is 51.7 Å². The van der Waals surface area contributed by atoms with Crippen molar-refractivity contribution < 1.29 is 14.3 Å². The predicted molar refractivity (Wildman–Crippen MR) is 73.2 cm³/mol. The van der Waals surface area contributed by atoms with Gasteiger partial charge in [0, 0.05) is 43.9 Å². The molecule has 1 aliphatic carbocycles. The summed E-state index contributed by atoms with van der Waals surface area (Å²) in [5.74, 6) is -0.307. The van der Waals surface area contributed by atoms with Crippen LogP contribution >= 0.6 is 0 Å². The first kappa shape index (κ1) is 13.5. The van der Waals surface area contributed by atoms with Crippen LogP contribution in [0.15, 0.2) is 24.5 Å². The highest BCUT2D eigenvalue weighted by Gasteiger charge is 2.41. The third-order valence-corrected chi connectivity index (χ3v) is 4.33. The van der Waals surface area contributed by atoms with Crippen molar-refractivity contribution in [3.05, 3.63) is 30.1 Å². The second kappa shape index (κ2) is 5.50. The Morgan fingerprint density at radius 1 is 1.25 bits per heavy atom. The number of hydrogen-bond donors (Lipinski definition) is 0. The Morgan fingerprint density at radius 3 is 2.45 bits per heavy atom. The smallest absolute Gasteiger partial charge is 0.253 e. The number of carbonyl (C=O) groups is 1. The molecule has 2 fully saturated rings. The number of nitrogens with zero attached hydrogens (tertiary/aromatic N) is 2. The first-order valence-corrected chi connectivity index (χ1v) is 7.15. The molecule has 20 heavy (non-hydrogen) atoms. The van der Waals surface area contributed by atoms with E-state index >= 15 is 0 Å². The van der Waals surface area contributed by atoms with Gasteiger partial charge in [0.25, 0.3) is 5.91 Å². The molecule has 0 radical (unpaired) electrons. The van der Waals surface area contributed by atoms with Crippen molar-refractivity contribution in [3.63, 3.8) is 0 Å². The van der Waals surface area contributed by atoms with E-state index in [1.54, 1.807) is 24.5 Å². The number of pyridine rings is 1. The Hall–Kier alpha value is -1.46. The minimum Gasteiger partial charge on any atom is -0.348 e. The highest BCUT2D eigenvalue weighted by atomic mass is 16.7. The SMILES string of the molecule is CN(C(=O)c1ccncc1)C1CCC2(CC1)OCCO2. The van der Waals surface area contributed by atoms with Gasteiger partial charge in [-0.2, -0.15) is 0 Å². The number of aromatic nitrogens is 1. The minimum atomic E-state index is -0.364. The summed E-state index contributed by atoms with van der Waals surface area (Å²) in [6, 6.07) is 3.77. The predicted octanol–water partition coefficient (Wildman–Crippen LogP) is 1.84. The Balaban J connectivity index is 1.61. The monoisotopic (exact) mass is 276 g/mol. The van der Waals surface area contributed by atoms with Crippen LogP contribution in [-0.4, -0.2) is 47.9 Å². The van der Waals surface area contributed by atoms with Gasteiger partial charge in [0.1, 0.15) is 0 Å². The van der Waals surface area contributed by atoms with Crippen molar-refractivity contribution >= 4 is 5.91 Å². The van der Waals surface area contributed by atoms with E-state index in [1.807, 2.05) is 11.9 Å². The maximum atomic E-state index is 12.4. The molecule has 3 rings (SSSR count). The maximum absolute atomic E-state index is 12.4. The van der Waals surface area contributed by atoms with Gasteiger partial charge < -0.3 is 14.4 Å². The first-order valence-electron chi connectivity index (χ1n) is 7.15. The Morgan fingerprint density at radius 2 is 1.85 bits per heavy atom. The van der Waals surface area contributed by atoms with Gasteiger partial charge in [0.2, 0.25) is 0 Å². The van der Waals surface area contributed by atoms with Crippen LogP contribution in [0.4, 0.5) is 0 Å². The Labute approximate surface area is 118 Å². The summed E-state index contributed by atoms with van der Waals surface area (Å²) < 4.78 is 11.4. The molecule has 1 saturated heterocycles.